The number of fused-ring (bicyclic) bond motifs is 4. The molecule has 3 aliphatic rings. The van der Waals surface area contributed by atoms with Crippen molar-refractivity contribution in [1.82, 2.24) is 4.90 Å². The average molecular weight is 377 g/mol. The van der Waals surface area contributed by atoms with E-state index < -0.39 is 34.8 Å². The van der Waals surface area contributed by atoms with E-state index in [2.05, 4.69) is 11.0 Å². The molecule has 140 valence electrons. The summed E-state index contributed by atoms with van der Waals surface area (Å²) in [5, 5.41) is 38.2. The molecule has 2 aliphatic heterocycles. The van der Waals surface area contributed by atoms with Crippen LogP contribution in [0.25, 0.3) is 0 Å². The van der Waals surface area contributed by atoms with E-state index in [0.717, 1.165) is 25.0 Å². The molecule has 1 saturated heterocycles. The van der Waals surface area contributed by atoms with Crippen LogP contribution in [0.4, 0.5) is 8.78 Å². The van der Waals surface area contributed by atoms with Gasteiger partial charge in [-0.05, 0) is 37.6 Å². The lowest BCUT2D eigenvalue weighted by Crippen LogP contribution is -2.56. The minimum absolute atomic E-state index is 0.0858. The molecule has 0 radical (unpaired) electrons. The first kappa shape index (κ1) is 18.3. The highest BCUT2D eigenvalue weighted by Gasteiger charge is 2.62. The van der Waals surface area contributed by atoms with Crippen molar-refractivity contribution >= 4 is 5.71 Å². The van der Waals surface area contributed by atoms with Gasteiger partial charge in [-0.3, -0.25) is 4.90 Å². The number of rotatable bonds is 1. The molecular weight excluding hydrogens is 360 g/mol. The fraction of sp³-hybridized carbons (Fsp3) is 0.429. The van der Waals surface area contributed by atoms with Gasteiger partial charge in [0.1, 0.15) is 17.6 Å². The van der Waals surface area contributed by atoms with Crippen LogP contribution in [0.3, 0.4) is 0 Å². The molecule has 0 spiro atoms. The number of hydrogen-bond donors (Lipinski definition) is 1. The molecule has 4 rings (SSSR count). The fourth-order valence-corrected chi connectivity index (χ4v) is 5.35. The Bertz CT molecular complexity index is 990. The van der Waals surface area contributed by atoms with Gasteiger partial charge >= 0.3 is 0 Å². The molecule has 1 aliphatic carbocycles. The van der Waals surface area contributed by atoms with Crippen LogP contribution >= 0.6 is 0 Å². The van der Waals surface area contributed by atoms with E-state index in [1.807, 2.05) is 25.3 Å². The Morgan fingerprint density at radius 1 is 1.14 bits per heavy atom. The zero-order valence-electron chi connectivity index (χ0n) is 15.2. The molecule has 1 unspecified atom stereocenters. The third kappa shape index (κ3) is 2.13. The van der Waals surface area contributed by atoms with Gasteiger partial charge in [-0.2, -0.15) is 15.8 Å². The SMILES string of the molecule is CN1[C@@H]2C=C3C(C#N)C(=N)C(C#N)(C#N)[C@H](c4c(F)cccc4F)[C@H]3[C@H]1CC2. The number of likely N-dealkylation sites (N-methyl/N-ethyl adjacent to an activating group) is 1. The lowest BCUT2D eigenvalue weighted by atomic mass is 9.52. The number of benzene rings is 1. The van der Waals surface area contributed by atoms with Gasteiger partial charge < -0.3 is 5.41 Å². The van der Waals surface area contributed by atoms with Gasteiger partial charge in [0.2, 0.25) is 0 Å². The second kappa shape index (κ2) is 6.23. The number of nitrogens with zero attached hydrogens (tertiary/aromatic N) is 4. The highest BCUT2D eigenvalue weighted by Crippen LogP contribution is 2.58. The van der Waals surface area contributed by atoms with E-state index in [0.29, 0.717) is 5.57 Å². The Balaban J connectivity index is 2.06. The Kier molecular flexibility index (Phi) is 4.07. The highest BCUT2D eigenvalue weighted by molar-refractivity contribution is 6.01. The maximum atomic E-state index is 14.8. The second-order valence-corrected chi connectivity index (χ2v) is 7.69. The number of halogens is 2. The summed E-state index contributed by atoms with van der Waals surface area (Å²) in [7, 11) is 1.91. The zero-order valence-corrected chi connectivity index (χ0v) is 15.2. The van der Waals surface area contributed by atoms with Gasteiger partial charge in [-0.1, -0.05) is 12.1 Å². The first-order valence-electron chi connectivity index (χ1n) is 9.09. The number of hydrogen-bond acceptors (Lipinski definition) is 5. The minimum Gasteiger partial charge on any atom is -0.305 e. The lowest BCUT2D eigenvalue weighted by Gasteiger charge is -2.50. The molecule has 1 N–H and O–H groups in total. The summed E-state index contributed by atoms with van der Waals surface area (Å²) >= 11 is 0. The lowest BCUT2D eigenvalue weighted by molar-refractivity contribution is 0.154. The standard InChI is InChI=1S/C21H17F2N5/c1-28-11-5-6-16(28)17-12(7-11)13(8-24)20(27)21(9-25,10-26)19(17)18-14(22)3-2-4-15(18)23/h2-4,7,11,13,16-17,19,27H,5-6H2,1H3/t11-,13?,16+,17+,19-/m0/s1. The van der Waals surface area contributed by atoms with Gasteiger partial charge in [0, 0.05) is 29.5 Å². The van der Waals surface area contributed by atoms with Gasteiger partial charge in [-0.25, -0.2) is 8.78 Å². The van der Waals surface area contributed by atoms with Crippen molar-refractivity contribution < 1.29 is 8.78 Å². The molecule has 2 heterocycles. The topological polar surface area (TPSA) is 98.5 Å². The summed E-state index contributed by atoms with van der Waals surface area (Å²) in [5.74, 6) is -4.51. The summed E-state index contributed by atoms with van der Waals surface area (Å²) in [4.78, 5) is 2.09. The summed E-state index contributed by atoms with van der Waals surface area (Å²) in [6, 6.07) is 9.18. The largest absolute Gasteiger partial charge is 0.305 e. The van der Waals surface area contributed by atoms with Crippen molar-refractivity contribution in [2.24, 2.45) is 17.3 Å². The molecular formula is C21H17F2N5. The van der Waals surface area contributed by atoms with Crippen LogP contribution in [-0.2, 0) is 0 Å². The molecule has 5 nitrogen and oxygen atoms in total. The summed E-state index contributed by atoms with van der Waals surface area (Å²) in [6.07, 6.45) is 3.46. The molecule has 1 aromatic carbocycles. The monoisotopic (exact) mass is 377 g/mol. The van der Waals surface area contributed by atoms with Crippen LogP contribution in [0.5, 0.6) is 0 Å². The van der Waals surface area contributed by atoms with Crippen molar-refractivity contribution in [2.45, 2.75) is 30.8 Å². The summed E-state index contributed by atoms with van der Waals surface area (Å²) < 4.78 is 29.7. The number of nitriles is 3. The van der Waals surface area contributed by atoms with E-state index in [-0.39, 0.29) is 23.4 Å². The first-order chi connectivity index (χ1) is 13.4. The molecule has 1 aromatic rings. The van der Waals surface area contributed by atoms with Crippen LogP contribution in [-0.4, -0.2) is 29.7 Å². The normalized spacial score (nSPS) is 33.2. The first-order valence-corrected chi connectivity index (χ1v) is 9.09. The van der Waals surface area contributed by atoms with Gasteiger partial charge in [0.05, 0.1) is 23.9 Å². The second-order valence-electron chi connectivity index (χ2n) is 7.69. The van der Waals surface area contributed by atoms with Crippen molar-refractivity contribution in [3.05, 3.63) is 47.0 Å². The number of nitrogens with one attached hydrogen (secondary N) is 1. The molecule has 2 bridgehead atoms. The average Bonchev–Trinajstić information content (AvgIpc) is 2.91. The van der Waals surface area contributed by atoms with E-state index >= 15 is 0 Å². The third-order valence-corrected chi connectivity index (χ3v) is 6.65. The van der Waals surface area contributed by atoms with Gasteiger partial charge in [-0.15, -0.1) is 0 Å². The van der Waals surface area contributed by atoms with E-state index in [4.69, 9.17) is 5.41 Å². The Hall–Kier alpha value is -3.08. The maximum Gasteiger partial charge on any atom is 0.190 e. The molecule has 0 aromatic heterocycles. The quantitative estimate of drug-likeness (QED) is 0.759. The van der Waals surface area contributed by atoms with E-state index in [9.17, 15) is 24.6 Å². The molecule has 0 amide bonds. The van der Waals surface area contributed by atoms with Crippen LogP contribution in [0.2, 0.25) is 0 Å². The fourth-order valence-electron chi connectivity index (χ4n) is 5.35. The predicted octanol–water partition coefficient (Wildman–Crippen LogP) is 3.27. The Morgan fingerprint density at radius 2 is 1.79 bits per heavy atom. The van der Waals surface area contributed by atoms with Crippen molar-refractivity contribution in [3.8, 4) is 18.2 Å². The van der Waals surface area contributed by atoms with Crippen molar-refractivity contribution in [3.63, 3.8) is 0 Å². The van der Waals surface area contributed by atoms with E-state index in [1.54, 1.807) is 0 Å². The minimum atomic E-state index is -2.11. The molecule has 7 heteroatoms. The van der Waals surface area contributed by atoms with Crippen molar-refractivity contribution in [1.29, 1.82) is 21.2 Å². The van der Waals surface area contributed by atoms with Crippen LogP contribution < -0.4 is 0 Å². The highest BCUT2D eigenvalue weighted by atomic mass is 19.1. The zero-order chi connectivity index (χ0) is 20.2. The smallest absolute Gasteiger partial charge is 0.190 e. The van der Waals surface area contributed by atoms with Crippen LogP contribution in [0.15, 0.2) is 29.8 Å². The Morgan fingerprint density at radius 3 is 2.36 bits per heavy atom. The molecule has 5 atom stereocenters. The molecule has 2 fully saturated rings. The molecule has 28 heavy (non-hydrogen) atoms. The summed E-state index contributed by atoms with van der Waals surface area (Å²) in [6.45, 7) is 0. The van der Waals surface area contributed by atoms with Gasteiger partial charge in [0.15, 0.2) is 5.41 Å². The van der Waals surface area contributed by atoms with Crippen LogP contribution in [0.1, 0.15) is 24.3 Å². The van der Waals surface area contributed by atoms with Crippen LogP contribution in [0, 0.1) is 68.3 Å². The third-order valence-electron chi connectivity index (χ3n) is 6.65. The Labute approximate surface area is 161 Å². The summed E-state index contributed by atoms with van der Waals surface area (Å²) in [5.41, 5.74) is -2.23. The maximum absolute atomic E-state index is 14.8. The predicted molar refractivity (Wildman–Crippen MR) is 95.7 cm³/mol. The van der Waals surface area contributed by atoms with E-state index in [1.165, 1.54) is 6.07 Å². The van der Waals surface area contributed by atoms with Gasteiger partial charge in [0.25, 0.3) is 0 Å². The van der Waals surface area contributed by atoms with Crippen molar-refractivity contribution in [2.75, 3.05) is 7.05 Å². The molecule has 1 saturated carbocycles.